The van der Waals surface area contributed by atoms with Gasteiger partial charge in [0.2, 0.25) is 0 Å². The Labute approximate surface area is 263 Å². The standard InChI is InChI=1S/C38H36N2O5/c1-3-45-29-21-19-27(20-22-29)23-25-40(26-24-36(41)42)38(44)34-17-9-7-15-32(34)31-14-6-8-16-33(31)37(43)39(2)35-18-10-12-28-11-4-5-13-30(28)35/h4-22H,3,23-26H2,1-2H3,(H,41,42). The van der Waals surface area contributed by atoms with Gasteiger partial charge in [-0.15, -0.1) is 0 Å². The van der Waals surface area contributed by atoms with Crippen LogP contribution in [0, 0.1) is 0 Å². The van der Waals surface area contributed by atoms with Gasteiger partial charge in [0.15, 0.2) is 0 Å². The lowest BCUT2D eigenvalue weighted by Gasteiger charge is -2.25. The van der Waals surface area contributed by atoms with Crippen LogP contribution in [0.1, 0.15) is 39.6 Å². The fraction of sp³-hybridized carbons (Fsp3) is 0.184. The molecule has 0 aromatic heterocycles. The summed E-state index contributed by atoms with van der Waals surface area (Å²) >= 11 is 0. The first-order valence-electron chi connectivity index (χ1n) is 15.0. The Balaban J connectivity index is 1.46. The zero-order chi connectivity index (χ0) is 31.8. The molecule has 0 bridgehead atoms. The molecule has 7 heteroatoms. The summed E-state index contributed by atoms with van der Waals surface area (Å²) in [4.78, 5) is 42.9. The molecule has 45 heavy (non-hydrogen) atoms. The maximum atomic E-state index is 14.1. The van der Waals surface area contributed by atoms with Gasteiger partial charge in [-0.05, 0) is 65.8 Å². The minimum atomic E-state index is -0.977. The number of carbonyl (C=O) groups excluding carboxylic acids is 2. The van der Waals surface area contributed by atoms with E-state index in [0.717, 1.165) is 27.8 Å². The zero-order valence-electron chi connectivity index (χ0n) is 25.5. The van der Waals surface area contributed by atoms with Crippen molar-refractivity contribution in [3.05, 3.63) is 132 Å². The Morgan fingerprint density at radius 2 is 1.29 bits per heavy atom. The summed E-state index contributed by atoms with van der Waals surface area (Å²) in [5.74, 6) is -0.701. The average Bonchev–Trinajstić information content (AvgIpc) is 3.08. The molecule has 0 aliphatic rings. The van der Waals surface area contributed by atoms with Crippen LogP contribution in [0.15, 0.2) is 115 Å². The molecule has 0 saturated carbocycles. The summed E-state index contributed by atoms with van der Waals surface area (Å²) in [5, 5.41) is 11.4. The van der Waals surface area contributed by atoms with Crippen molar-refractivity contribution in [1.29, 1.82) is 0 Å². The van der Waals surface area contributed by atoms with Gasteiger partial charge in [0.25, 0.3) is 11.8 Å². The van der Waals surface area contributed by atoms with E-state index in [0.29, 0.717) is 41.8 Å². The van der Waals surface area contributed by atoms with Gasteiger partial charge in [-0.1, -0.05) is 84.9 Å². The number of hydrogen-bond acceptors (Lipinski definition) is 4. The maximum absolute atomic E-state index is 14.1. The molecule has 7 nitrogen and oxygen atoms in total. The molecule has 0 fully saturated rings. The van der Waals surface area contributed by atoms with E-state index in [1.165, 1.54) is 0 Å². The minimum Gasteiger partial charge on any atom is -0.494 e. The van der Waals surface area contributed by atoms with E-state index in [9.17, 15) is 19.5 Å². The highest BCUT2D eigenvalue weighted by Gasteiger charge is 2.24. The molecule has 0 aliphatic carbocycles. The lowest BCUT2D eigenvalue weighted by Crippen LogP contribution is -2.35. The topological polar surface area (TPSA) is 87.1 Å². The Morgan fingerprint density at radius 1 is 0.689 bits per heavy atom. The number of fused-ring (bicyclic) bond motifs is 1. The molecule has 0 heterocycles. The highest BCUT2D eigenvalue weighted by atomic mass is 16.5. The second kappa shape index (κ2) is 14.4. The van der Waals surface area contributed by atoms with Gasteiger partial charge in [0, 0.05) is 36.7 Å². The molecule has 5 rings (SSSR count). The first-order chi connectivity index (χ1) is 21.9. The first-order valence-corrected chi connectivity index (χ1v) is 15.0. The van der Waals surface area contributed by atoms with Crippen LogP contribution in [0.4, 0.5) is 5.69 Å². The van der Waals surface area contributed by atoms with E-state index < -0.39 is 5.97 Å². The number of anilines is 1. The van der Waals surface area contributed by atoms with E-state index in [1.807, 2.05) is 104 Å². The molecule has 0 saturated heterocycles. The predicted molar refractivity (Wildman–Crippen MR) is 178 cm³/mol. The van der Waals surface area contributed by atoms with Crippen molar-refractivity contribution in [3.8, 4) is 16.9 Å². The number of carbonyl (C=O) groups is 3. The Bertz CT molecular complexity index is 1810. The first kappa shape index (κ1) is 31.0. The van der Waals surface area contributed by atoms with Crippen LogP contribution in [-0.2, 0) is 11.2 Å². The number of aliphatic carboxylic acids is 1. The second-order valence-electron chi connectivity index (χ2n) is 10.7. The van der Waals surface area contributed by atoms with Crippen molar-refractivity contribution < 1.29 is 24.2 Å². The van der Waals surface area contributed by atoms with Gasteiger partial charge in [-0.3, -0.25) is 14.4 Å². The van der Waals surface area contributed by atoms with Crippen LogP contribution in [-0.4, -0.2) is 54.5 Å². The number of hydrogen-bond donors (Lipinski definition) is 1. The molecule has 0 aliphatic heterocycles. The number of ether oxygens (including phenoxy) is 1. The molecule has 5 aromatic rings. The third-order valence-electron chi connectivity index (χ3n) is 7.83. The Hall–Kier alpha value is -5.43. The van der Waals surface area contributed by atoms with Gasteiger partial charge in [-0.2, -0.15) is 0 Å². The second-order valence-corrected chi connectivity index (χ2v) is 10.7. The van der Waals surface area contributed by atoms with Gasteiger partial charge in [0.05, 0.1) is 18.7 Å². The predicted octanol–water partition coefficient (Wildman–Crippen LogP) is 7.34. The van der Waals surface area contributed by atoms with Crippen LogP contribution < -0.4 is 9.64 Å². The molecule has 1 N–H and O–H groups in total. The molecule has 0 unspecified atom stereocenters. The normalized spacial score (nSPS) is 10.8. The SMILES string of the molecule is CCOc1ccc(CCN(CCC(=O)O)C(=O)c2ccccc2-c2ccccc2C(=O)N(C)c2cccc3ccccc23)cc1. The molecule has 0 spiro atoms. The van der Waals surface area contributed by atoms with Gasteiger partial charge >= 0.3 is 5.97 Å². The smallest absolute Gasteiger partial charge is 0.305 e. The summed E-state index contributed by atoms with van der Waals surface area (Å²) in [6.45, 7) is 2.89. The number of carboxylic acids is 1. The van der Waals surface area contributed by atoms with E-state index in [2.05, 4.69) is 0 Å². The lowest BCUT2D eigenvalue weighted by molar-refractivity contribution is -0.137. The van der Waals surface area contributed by atoms with Crippen LogP contribution in [0.25, 0.3) is 21.9 Å². The van der Waals surface area contributed by atoms with Crippen molar-refractivity contribution in [2.24, 2.45) is 0 Å². The number of carboxylic acid groups (broad SMARTS) is 1. The molecule has 2 amide bonds. The zero-order valence-corrected chi connectivity index (χ0v) is 25.5. The third-order valence-corrected chi connectivity index (χ3v) is 7.83. The summed E-state index contributed by atoms with van der Waals surface area (Å²) in [5.41, 5.74) is 3.89. The summed E-state index contributed by atoms with van der Waals surface area (Å²) in [7, 11) is 1.76. The van der Waals surface area contributed by atoms with Crippen molar-refractivity contribution in [2.45, 2.75) is 19.8 Å². The fourth-order valence-corrected chi connectivity index (χ4v) is 5.50. The maximum Gasteiger partial charge on any atom is 0.305 e. The highest BCUT2D eigenvalue weighted by molar-refractivity contribution is 6.14. The summed E-state index contributed by atoms with van der Waals surface area (Å²) in [6, 6.07) is 35.9. The fourth-order valence-electron chi connectivity index (χ4n) is 5.50. The summed E-state index contributed by atoms with van der Waals surface area (Å²) < 4.78 is 5.53. The van der Waals surface area contributed by atoms with E-state index in [-0.39, 0.29) is 24.8 Å². The van der Waals surface area contributed by atoms with Crippen LogP contribution in [0.3, 0.4) is 0 Å². The average molecular weight is 601 g/mol. The third kappa shape index (κ3) is 7.21. The van der Waals surface area contributed by atoms with Crippen LogP contribution in [0.2, 0.25) is 0 Å². The lowest BCUT2D eigenvalue weighted by atomic mass is 9.93. The Morgan fingerprint density at radius 3 is 1.96 bits per heavy atom. The summed E-state index contributed by atoms with van der Waals surface area (Å²) in [6.07, 6.45) is 0.368. The minimum absolute atomic E-state index is 0.0595. The van der Waals surface area contributed by atoms with E-state index in [1.54, 1.807) is 35.0 Å². The van der Waals surface area contributed by atoms with Gasteiger partial charge in [0.1, 0.15) is 5.75 Å². The molecule has 228 valence electrons. The van der Waals surface area contributed by atoms with Crippen molar-refractivity contribution in [1.82, 2.24) is 4.90 Å². The van der Waals surface area contributed by atoms with E-state index in [4.69, 9.17) is 4.74 Å². The molecular formula is C38H36N2O5. The van der Waals surface area contributed by atoms with Crippen molar-refractivity contribution in [2.75, 3.05) is 31.6 Å². The monoisotopic (exact) mass is 600 g/mol. The van der Waals surface area contributed by atoms with Gasteiger partial charge < -0.3 is 19.6 Å². The molecule has 5 aromatic carbocycles. The number of rotatable bonds is 12. The highest BCUT2D eigenvalue weighted by Crippen LogP contribution is 2.32. The van der Waals surface area contributed by atoms with Gasteiger partial charge in [-0.25, -0.2) is 0 Å². The van der Waals surface area contributed by atoms with Crippen LogP contribution in [0.5, 0.6) is 5.75 Å². The quantitative estimate of drug-likeness (QED) is 0.162. The largest absolute Gasteiger partial charge is 0.494 e. The number of benzene rings is 5. The van der Waals surface area contributed by atoms with Crippen molar-refractivity contribution in [3.63, 3.8) is 0 Å². The van der Waals surface area contributed by atoms with E-state index >= 15 is 0 Å². The Kier molecular flexibility index (Phi) is 9.90. The molecular weight excluding hydrogens is 564 g/mol. The van der Waals surface area contributed by atoms with Crippen molar-refractivity contribution >= 4 is 34.2 Å². The molecule has 0 radical (unpaired) electrons. The number of nitrogens with zero attached hydrogens (tertiary/aromatic N) is 2. The number of amides is 2. The van der Waals surface area contributed by atoms with Crippen LogP contribution >= 0.6 is 0 Å². The molecule has 0 atom stereocenters.